The van der Waals surface area contributed by atoms with E-state index in [1.807, 2.05) is 24.3 Å². The number of benzene rings is 2. The van der Waals surface area contributed by atoms with E-state index in [1.54, 1.807) is 12.1 Å². The van der Waals surface area contributed by atoms with Crippen LogP contribution >= 0.6 is 15.9 Å². The normalized spacial score (nSPS) is 12.1. The van der Waals surface area contributed by atoms with E-state index in [0.717, 1.165) is 21.0 Å². The molecule has 3 aromatic rings. The second-order valence-corrected chi connectivity index (χ2v) is 6.07. The van der Waals surface area contributed by atoms with Gasteiger partial charge < -0.3 is 14.3 Å². The van der Waals surface area contributed by atoms with Gasteiger partial charge in [-0.05, 0) is 30.7 Å². The molecule has 122 valence electrons. The zero-order valence-electron chi connectivity index (χ0n) is 12.7. The lowest BCUT2D eigenvalue weighted by Gasteiger charge is -2.12. The summed E-state index contributed by atoms with van der Waals surface area (Å²) in [5.74, 6) is -0.747. The third-order valence-electron chi connectivity index (χ3n) is 3.54. The monoisotopic (exact) mass is 388 g/mol. The minimum Gasteiger partial charge on any atom is -0.479 e. The van der Waals surface area contributed by atoms with Crippen molar-refractivity contribution in [1.82, 2.24) is 0 Å². The van der Waals surface area contributed by atoms with Crippen LogP contribution in [-0.2, 0) is 4.79 Å². The summed E-state index contributed by atoms with van der Waals surface area (Å²) in [6.45, 7) is 1.43. The lowest BCUT2D eigenvalue weighted by atomic mass is 10.0. The quantitative estimate of drug-likeness (QED) is 0.681. The topological polar surface area (TPSA) is 76.7 Å². The highest BCUT2D eigenvalue weighted by Crippen LogP contribution is 2.33. The van der Waals surface area contributed by atoms with Gasteiger partial charge in [0.1, 0.15) is 11.3 Å². The number of halogens is 1. The Labute approximate surface area is 145 Å². The number of carbonyl (C=O) groups is 1. The molecule has 0 saturated carbocycles. The van der Waals surface area contributed by atoms with Crippen molar-refractivity contribution in [1.29, 1.82) is 0 Å². The molecule has 24 heavy (non-hydrogen) atoms. The fourth-order valence-electron chi connectivity index (χ4n) is 2.37. The van der Waals surface area contributed by atoms with Crippen LogP contribution in [0, 0.1) is 0 Å². The van der Waals surface area contributed by atoms with Crippen LogP contribution in [0.15, 0.2) is 62.2 Å². The zero-order chi connectivity index (χ0) is 17.3. The Bertz CT molecular complexity index is 977. The smallest absolute Gasteiger partial charge is 0.344 e. The molecule has 1 heterocycles. The Morgan fingerprint density at radius 3 is 2.62 bits per heavy atom. The van der Waals surface area contributed by atoms with Gasteiger partial charge in [0.25, 0.3) is 0 Å². The predicted molar refractivity (Wildman–Crippen MR) is 93.3 cm³/mol. The zero-order valence-corrected chi connectivity index (χ0v) is 14.2. The Balaban J connectivity index is 2.14. The van der Waals surface area contributed by atoms with Crippen LogP contribution in [0.1, 0.15) is 6.92 Å². The van der Waals surface area contributed by atoms with Gasteiger partial charge in [-0.2, -0.15) is 0 Å². The van der Waals surface area contributed by atoms with Crippen molar-refractivity contribution in [2.75, 3.05) is 0 Å². The Morgan fingerprint density at radius 2 is 1.92 bits per heavy atom. The van der Waals surface area contributed by atoms with Crippen molar-refractivity contribution >= 4 is 32.9 Å². The van der Waals surface area contributed by atoms with Crippen molar-refractivity contribution in [2.45, 2.75) is 13.0 Å². The molecule has 3 rings (SSSR count). The summed E-state index contributed by atoms with van der Waals surface area (Å²) < 4.78 is 11.4. The van der Waals surface area contributed by atoms with E-state index < -0.39 is 17.7 Å². The largest absolute Gasteiger partial charge is 0.479 e. The second-order valence-electron chi connectivity index (χ2n) is 5.22. The number of carboxylic acids is 1. The summed E-state index contributed by atoms with van der Waals surface area (Å²) in [4.78, 5) is 22.8. The molecule has 0 amide bonds. The second kappa shape index (κ2) is 6.49. The molecule has 0 aliphatic carbocycles. The summed E-state index contributed by atoms with van der Waals surface area (Å²) in [5, 5.41) is 9.65. The van der Waals surface area contributed by atoms with Crippen molar-refractivity contribution in [3.63, 3.8) is 0 Å². The molecular formula is C18H13BrO5. The Hall–Kier alpha value is -2.60. The first-order valence-corrected chi connectivity index (χ1v) is 7.97. The molecule has 6 heteroatoms. The van der Waals surface area contributed by atoms with E-state index in [0.29, 0.717) is 11.3 Å². The molecule has 0 fully saturated rings. The van der Waals surface area contributed by atoms with Crippen LogP contribution in [0.3, 0.4) is 0 Å². The minimum absolute atomic E-state index is 0.324. The van der Waals surface area contributed by atoms with E-state index in [4.69, 9.17) is 14.3 Å². The Kier molecular flexibility index (Phi) is 4.40. The SMILES string of the molecule is CC(Oc1ccc2c(-c3ccccc3Br)cc(=O)oc2c1)C(=O)O. The third kappa shape index (κ3) is 3.19. The van der Waals surface area contributed by atoms with Crippen molar-refractivity contribution in [2.24, 2.45) is 0 Å². The molecule has 0 radical (unpaired) electrons. The first-order valence-electron chi connectivity index (χ1n) is 7.18. The molecule has 1 unspecified atom stereocenters. The van der Waals surface area contributed by atoms with Crippen LogP contribution in [0.5, 0.6) is 5.75 Å². The minimum atomic E-state index is -1.07. The number of ether oxygens (including phenoxy) is 1. The first-order chi connectivity index (χ1) is 11.5. The highest BCUT2D eigenvalue weighted by molar-refractivity contribution is 9.10. The van der Waals surface area contributed by atoms with Gasteiger partial charge in [0.2, 0.25) is 0 Å². The fourth-order valence-corrected chi connectivity index (χ4v) is 2.87. The van der Waals surface area contributed by atoms with Gasteiger partial charge in [-0.1, -0.05) is 34.1 Å². The lowest BCUT2D eigenvalue weighted by molar-refractivity contribution is -0.144. The molecule has 0 spiro atoms. The van der Waals surface area contributed by atoms with E-state index in [2.05, 4.69) is 15.9 Å². The van der Waals surface area contributed by atoms with Crippen LogP contribution in [0.4, 0.5) is 0 Å². The van der Waals surface area contributed by atoms with Crippen LogP contribution in [-0.4, -0.2) is 17.2 Å². The van der Waals surface area contributed by atoms with Gasteiger partial charge in [0, 0.05) is 27.6 Å². The summed E-state index contributed by atoms with van der Waals surface area (Å²) in [6.07, 6.45) is -0.999. The number of aliphatic carboxylic acids is 1. The molecule has 0 aliphatic heterocycles. The molecule has 1 aromatic heterocycles. The van der Waals surface area contributed by atoms with Gasteiger partial charge >= 0.3 is 11.6 Å². The highest BCUT2D eigenvalue weighted by atomic mass is 79.9. The maximum Gasteiger partial charge on any atom is 0.344 e. The average Bonchev–Trinajstić information content (AvgIpc) is 2.54. The Morgan fingerprint density at radius 1 is 1.17 bits per heavy atom. The number of carboxylic acid groups (broad SMARTS) is 1. The predicted octanol–water partition coefficient (Wildman–Crippen LogP) is 4.07. The fraction of sp³-hybridized carbons (Fsp3) is 0.111. The maximum absolute atomic E-state index is 11.9. The van der Waals surface area contributed by atoms with Crippen LogP contribution < -0.4 is 10.4 Å². The number of hydrogen-bond acceptors (Lipinski definition) is 4. The summed E-state index contributed by atoms with van der Waals surface area (Å²) in [5.41, 5.74) is 1.44. The molecule has 1 N–H and O–H groups in total. The van der Waals surface area contributed by atoms with Gasteiger partial charge in [0.15, 0.2) is 6.10 Å². The van der Waals surface area contributed by atoms with Crippen molar-refractivity contribution in [3.8, 4) is 16.9 Å². The molecule has 5 nitrogen and oxygen atoms in total. The average molecular weight is 389 g/mol. The van der Waals surface area contributed by atoms with E-state index in [1.165, 1.54) is 19.1 Å². The van der Waals surface area contributed by atoms with E-state index in [-0.39, 0.29) is 0 Å². The molecule has 0 aliphatic rings. The van der Waals surface area contributed by atoms with E-state index >= 15 is 0 Å². The molecule has 0 saturated heterocycles. The molecule has 1 atom stereocenters. The van der Waals surface area contributed by atoms with Crippen LogP contribution in [0.25, 0.3) is 22.1 Å². The first kappa shape index (κ1) is 16.3. The maximum atomic E-state index is 11.9. The van der Waals surface area contributed by atoms with Gasteiger partial charge in [-0.25, -0.2) is 9.59 Å². The molecular weight excluding hydrogens is 376 g/mol. The van der Waals surface area contributed by atoms with Crippen molar-refractivity contribution in [3.05, 3.63) is 63.4 Å². The highest BCUT2D eigenvalue weighted by Gasteiger charge is 2.15. The van der Waals surface area contributed by atoms with Gasteiger partial charge in [-0.3, -0.25) is 0 Å². The summed E-state index contributed by atoms with van der Waals surface area (Å²) in [6, 6.07) is 13.9. The van der Waals surface area contributed by atoms with Gasteiger partial charge in [-0.15, -0.1) is 0 Å². The summed E-state index contributed by atoms with van der Waals surface area (Å²) >= 11 is 3.48. The standard InChI is InChI=1S/C18H13BrO5/c1-10(18(21)22)23-11-6-7-13-14(9-17(20)24-16(13)8-11)12-4-2-3-5-15(12)19/h2-10H,1H3,(H,21,22). The molecule has 0 bridgehead atoms. The number of hydrogen-bond donors (Lipinski definition) is 1. The number of fused-ring (bicyclic) bond motifs is 1. The third-order valence-corrected chi connectivity index (χ3v) is 4.23. The summed E-state index contributed by atoms with van der Waals surface area (Å²) in [7, 11) is 0. The van der Waals surface area contributed by atoms with Gasteiger partial charge in [0.05, 0.1) is 0 Å². The van der Waals surface area contributed by atoms with Crippen LogP contribution in [0.2, 0.25) is 0 Å². The van der Waals surface area contributed by atoms with E-state index in [9.17, 15) is 9.59 Å². The number of rotatable bonds is 4. The molecule has 2 aromatic carbocycles. The lowest BCUT2D eigenvalue weighted by Crippen LogP contribution is -2.22. The van der Waals surface area contributed by atoms with Crippen molar-refractivity contribution < 1.29 is 19.1 Å².